The average molecular weight is 555 g/mol. The van der Waals surface area contributed by atoms with Crippen LogP contribution in [0.25, 0.3) is 0 Å². The molecule has 2 aliphatic heterocycles. The van der Waals surface area contributed by atoms with Gasteiger partial charge in [0.2, 0.25) is 0 Å². The SMILES string of the molecule is Cc1ccc(S[C@H]2O[C@@H]3CO[C@@H](c4ccccc4)O[C@H]3[C@H](OCc3ccccc3)[C@@H]2OCc2ccccc2)cc1. The van der Waals surface area contributed by atoms with Gasteiger partial charge in [-0.05, 0) is 30.2 Å². The van der Waals surface area contributed by atoms with Gasteiger partial charge in [-0.15, -0.1) is 0 Å². The molecule has 6 heteroatoms. The van der Waals surface area contributed by atoms with Crippen molar-refractivity contribution in [2.75, 3.05) is 6.61 Å². The molecule has 0 saturated carbocycles. The summed E-state index contributed by atoms with van der Waals surface area (Å²) in [4.78, 5) is 1.11. The van der Waals surface area contributed by atoms with Crippen molar-refractivity contribution in [1.29, 1.82) is 0 Å². The summed E-state index contributed by atoms with van der Waals surface area (Å²) in [5, 5.41) is 0. The van der Waals surface area contributed by atoms with E-state index in [1.165, 1.54) is 5.56 Å². The molecule has 206 valence electrons. The molecule has 2 saturated heterocycles. The van der Waals surface area contributed by atoms with Crippen LogP contribution in [-0.4, -0.2) is 36.5 Å². The largest absolute Gasteiger partial charge is 0.368 e. The van der Waals surface area contributed by atoms with E-state index in [9.17, 15) is 0 Å². The molecule has 40 heavy (non-hydrogen) atoms. The molecule has 0 spiro atoms. The zero-order valence-corrected chi connectivity index (χ0v) is 23.3. The molecular weight excluding hydrogens is 520 g/mol. The molecule has 4 aromatic carbocycles. The summed E-state index contributed by atoms with van der Waals surface area (Å²) in [5.41, 5.74) is 4.08. The lowest BCUT2D eigenvalue weighted by Crippen LogP contribution is -2.62. The van der Waals surface area contributed by atoms with Crippen LogP contribution in [0.15, 0.2) is 120 Å². The van der Waals surface area contributed by atoms with Crippen LogP contribution in [-0.2, 0) is 36.9 Å². The van der Waals surface area contributed by atoms with Gasteiger partial charge in [0.25, 0.3) is 0 Å². The molecule has 0 aliphatic carbocycles. The highest BCUT2D eigenvalue weighted by molar-refractivity contribution is 7.99. The average Bonchev–Trinajstić information content (AvgIpc) is 3.01. The number of aryl methyl sites for hydroxylation is 1. The van der Waals surface area contributed by atoms with Gasteiger partial charge in [0.05, 0.1) is 19.8 Å². The topological polar surface area (TPSA) is 46.2 Å². The van der Waals surface area contributed by atoms with Gasteiger partial charge in [0.1, 0.15) is 29.9 Å². The quantitative estimate of drug-likeness (QED) is 0.220. The van der Waals surface area contributed by atoms with E-state index in [-0.39, 0.29) is 29.9 Å². The molecule has 4 aromatic rings. The lowest BCUT2D eigenvalue weighted by Gasteiger charge is -2.49. The molecular formula is C34H34O5S. The van der Waals surface area contributed by atoms with Crippen molar-refractivity contribution in [2.45, 2.75) is 61.2 Å². The predicted octanol–water partition coefficient (Wildman–Crippen LogP) is 7.10. The molecule has 2 heterocycles. The molecule has 2 aliphatic rings. The summed E-state index contributed by atoms with van der Waals surface area (Å²) in [6.45, 7) is 3.39. The summed E-state index contributed by atoms with van der Waals surface area (Å²) in [7, 11) is 0. The Hall–Kier alpha value is -2.97. The Labute approximate surface area is 240 Å². The number of hydrogen-bond acceptors (Lipinski definition) is 6. The number of ether oxygens (including phenoxy) is 5. The first-order valence-electron chi connectivity index (χ1n) is 13.7. The fourth-order valence-corrected chi connectivity index (χ4v) is 6.20. The van der Waals surface area contributed by atoms with Crippen LogP contribution in [0.4, 0.5) is 0 Å². The minimum atomic E-state index is -0.495. The van der Waals surface area contributed by atoms with Crippen LogP contribution < -0.4 is 0 Å². The van der Waals surface area contributed by atoms with Crippen molar-refractivity contribution in [3.8, 4) is 0 Å². The highest BCUT2D eigenvalue weighted by Gasteiger charge is 2.51. The van der Waals surface area contributed by atoms with Crippen molar-refractivity contribution in [3.05, 3.63) is 138 Å². The third-order valence-electron chi connectivity index (χ3n) is 7.20. The molecule has 0 amide bonds. The van der Waals surface area contributed by atoms with Gasteiger partial charge in [-0.1, -0.05) is 120 Å². The van der Waals surface area contributed by atoms with E-state index in [1.54, 1.807) is 11.8 Å². The third-order valence-corrected chi connectivity index (χ3v) is 8.36. The number of fused-ring (bicyclic) bond motifs is 1. The first-order valence-corrected chi connectivity index (χ1v) is 14.6. The Kier molecular flexibility index (Phi) is 8.93. The summed E-state index contributed by atoms with van der Waals surface area (Å²) < 4.78 is 32.9. The number of hydrogen-bond donors (Lipinski definition) is 0. The summed E-state index contributed by atoms with van der Waals surface area (Å²) in [5.74, 6) is 0. The van der Waals surface area contributed by atoms with Crippen LogP contribution in [0.2, 0.25) is 0 Å². The molecule has 0 radical (unpaired) electrons. The second-order valence-corrected chi connectivity index (χ2v) is 11.3. The third kappa shape index (κ3) is 6.66. The smallest absolute Gasteiger partial charge is 0.184 e. The number of benzene rings is 4. The van der Waals surface area contributed by atoms with E-state index >= 15 is 0 Å². The van der Waals surface area contributed by atoms with Crippen molar-refractivity contribution in [2.24, 2.45) is 0 Å². The van der Waals surface area contributed by atoms with Gasteiger partial charge in [0, 0.05) is 10.5 Å². The standard InChI is InChI=1S/C34H34O5S/c1-24-17-19-28(20-18-24)40-34-32(36-22-26-13-7-3-8-14-26)31(35-21-25-11-5-2-6-12-25)30-29(38-34)23-37-33(39-30)27-15-9-4-10-16-27/h2-20,29-34H,21-23H2,1H3/t29-,30-,31+,32+,33-,34-/m1/s1. The summed E-state index contributed by atoms with van der Waals surface area (Å²) >= 11 is 1.66. The van der Waals surface area contributed by atoms with E-state index in [2.05, 4.69) is 55.5 Å². The van der Waals surface area contributed by atoms with Crippen LogP contribution in [0, 0.1) is 6.92 Å². The lowest BCUT2D eigenvalue weighted by atomic mass is 9.98. The van der Waals surface area contributed by atoms with Gasteiger partial charge in [-0.25, -0.2) is 0 Å². The van der Waals surface area contributed by atoms with Crippen molar-refractivity contribution >= 4 is 11.8 Å². The molecule has 6 rings (SSSR count). The van der Waals surface area contributed by atoms with Crippen molar-refractivity contribution in [1.82, 2.24) is 0 Å². The maximum absolute atomic E-state index is 6.71. The Morgan fingerprint density at radius 3 is 1.88 bits per heavy atom. The highest BCUT2D eigenvalue weighted by Crippen LogP contribution is 2.41. The molecule has 5 nitrogen and oxygen atoms in total. The van der Waals surface area contributed by atoms with Crippen LogP contribution >= 0.6 is 11.8 Å². The van der Waals surface area contributed by atoms with E-state index in [4.69, 9.17) is 23.7 Å². The summed E-state index contributed by atoms with van der Waals surface area (Å²) in [6, 6.07) is 39.0. The van der Waals surface area contributed by atoms with E-state index in [0.29, 0.717) is 19.8 Å². The zero-order valence-electron chi connectivity index (χ0n) is 22.5. The minimum Gasteiger partial charge on any atom is -0.368 e. The summed E-state index contributed by atoms with van der Waals surface area (Å²) in [6.07, 6.45) is -1.91. The fourth-order valence-electron chi connectivity index (χ4n) is 5.07. The van der Waals surface area contributed by atoms with Gasteiger partial charge < -0.3 is 23.7 Å². The molecule has 0 N–H and O–H groups in total. The Morgan fingerprint density at radius 1 is 0.675 bits per heavy atom. The maximum Gasteiger partial charge on any atom is 0.184 e. The normalized spacial score (nSPS) is 26.2. The predicted molar refractivity (Wildman–Crippen MR) is 156 cm³/mol. The zero-order chi connectivity index (χ0) is 27.1. The fraction of sp³-hybridized carbons (Fsp3) is 0.294. The van der Waals surface area contributed by atoms with Crippen molar-refractivity contribution < 1.29 is 23.7 Å². The van der Waals surface area contributed by atoms with Gasteiger partial charge >= 0.3 is 0 Å². The molecule has 6 atom stereocenters. The Balaban J connectivity index is 1.30. The molecule has 0 aromatic heterocycles. The van der Waals surface area contributed by atoms with Crippen LogP contribution in [0.3, 0.4) is 0 Å². The maximum atomic E-state index is 6.71. The second kappa shape index (κ2) is 13.1. The monoisotopic (exact) mass is 554 g/mol. The molecule has 0 unspecified atom stereocenters. The van der Waals surface area contributed by atoms with E-state index in [0.717, 1.165) is 21.6 Å². The Bertz CT molecular complexity index is 1320. The number of thioether (sulfide) groups is 1. The van der Waals surface area contributed by atoms with Crippen LogP contribution in [0.1, 0.15) is 28.5 Å². The van der Waals surface area contributed by atoms with Gasteiger partial charge in [-0.3, -0.25) is 0 Å². The minimum absolute atomic E-state index is 0.291. The van der Waals surface area contributed by atoms with Gasteiger partial charge in [-0.2, -0.15) is 0 Å². The van der Waals surface area contributed by atoms with E-state index in [1.807, 2.05) is 66.7 Å². The van der Waals surface area contributed by atoms with Crippen LogP contribution in [0.5, 0.6) is 0 Å². The molecule has 2 fully saturated rings. The van der Waals surface area contributed by atoms with Gasteiger partial charge in [0.15, 0.2) is 6.29 Å². The second-order valence-electron chi connectivity index (χ2n) is 10.2. The lowest BCUT2D eigenvalue weighted by molar-refractivity contribution is -0.329. The Morgan fingerprint density at radius 2 is 1.25 bits per heavy atom. The van der Waals surface area contributed by atoms with Crippen molar-refractivity contribution in [3.63, 3.8) is 0 Å². The highest BCUT2D eigenvalue weighted by atomic mass is 32.2. The molecule has 0 bridgehead atoms. The first-order chi connectivity index (χ1) is 19.7. The first kappa shape index (κ1) is 27.2. The van der Waals surface area contributed by atoms with E-state index < -0.39 is 6.29 Å². The number of rotatable bonds is 9.